The van der Waals surface area contributed by atoms with E-state index in [4.69, 9.17) is 4.74 Å². The Bertz CT molecular complexity index is 1080. The lowest BCUT2D eigenvalue weighted by Gasteiger charge is -2.25. The Morgan fingerprint density at radius 3 is 2.43 bits per heavy atom. The third kappa shape index (κ3) is 3.17. The van der Waals surface area contributed by atoms with Gasteiger partial charge in [-0.3, -0.25) is 4.99 Å². The van der Waals surface area contributed by atoms with Crippen molar-refractivity contribution < 1.29 is 9.53 Å². The summed E-state index contributed by atoms with van der Waals surface area (Å²) in [7, 11) is 0. The number of benzene rings is 2. The predicted molar refractivity (Wildman–Crippen MR) is 120 cm³/mol. The number of aromatic nitrogens is 2. The first-order valence-electron chi connectivity index (χ1n) is 9.94. The number of nitrogens with one attached hydrogen (secondary N) is 1. The number of aromatic amines is 1. The number of fused-ring (bicyclic) bond motifs is 3. The molecule has 0 amide bonds. The fraction of sp³-hybridized carbons (Fsp3) is 0.208. The number of aliphatic imine (C=N–C) groups is 1. The molecule has 30 heavy (non-hydrogen) atoms. The van der Waals surface area contributed by atoms with Crippen LogP contribution in [0.15, 0.2) is 78.1 Å². The average molecular weight is 416 g/mol. The van der Waals surface area contributed by atoms with Gasteiger partial charge in [0.2, 0.25) is 0 Å². The van der Waals surface area contributed by atoms with Crippen molar-refractivity contribution >= 4 is 24.8 Å². The van der Waals surface area contributed by atoms with E-state index in [1.807, 2.05) is 24.3 Å². The standard InChI is InChI=1S/C24H21N3O2S/c28-23(24(10-5-11-27-24)14-21(30)22-25-12-13-26-22)29-15-20-18-8-3-1-6-16(18)17-7-2-4-9-19(17)20/h1-13,20-21,30H,14-15H2,(H,25,26). The summed E-state index contributed by atoms with van der Waals surface area (Å²) in [5, 5.41) is -0.264. The molecule has 0 bridgehead atoms. The second kappa shape index (κ2) is 7.61. The third-order valence-electron chi connectivity index (χ3n) is 5.80. The number of carbonyl (C=O) groups excluding carboxylic acids is 1. The van der Waals surface area contributed by atoms with Gasteiger partial charge >= 0.3 is 5.97 Å². The molecule has 0 fully saturated rings. The lowest BCUT2D eigenvalue weighted by atomic mass is 9.93. The minimum atomic E-state index is -1.07. The minimum absolute atomic E-state index is 0.0182. The number of esters is 1. The molecule has 0 radical (unpaired) electrons. The summed E-state index contributed by atoms with van der Waals surface area (Å²) in [6.45, 7) is 0.274. The molecule has 0 saturated heterocycles. The number of hydrogen-bond donors (Lipinski definition) is 2. The Morgan fingerprint density at radius 1 is 1.13 bits per heavy atom. The van der Waals surface area contributed by atoms with E-state index in [1.54, 1.807) is 30.8 Å². The molecule has 2 aromatic carbocycles. The number of ether oxygens (including phenoxy) is 1. The molecule has 3 aromatic rings. The number of allylic oxidation sites excluding steroid dienone is 1. The van der Waals surface area contributed by atoms with Crippen LogP contribution in [-0.4, -0.2) is 34.3 Å². The van der Waals surface area contributed by atoms with Gasteiger partial charge in [-0.15, -0.1) is 0 Å². The topological polar surface area (TPSA) is 67.3 Å². The van der Waals surface area contributed by atoms with Gasteiger partial charge < -0.3 is 9.72 Å². The van der Waals surface area contributed by atoms with E-state index in [1.165, 1.54) is 22.3 Å². The van der Waals surface area contributed by atoms with E-state index >= 15 is 0 Å². The zero-order chi connectivity index (χ0) is 20.6. The molecule has 1 N–H and O–H groups in total. The largest absolute Gasteiger partial charge is 0.463 e. The molecule has 1 aromatic heterocycles. The Labute approximate surface area is 180 Å². The van der Waals surface area contributed by atoms with Crippen LogP contribution in [0.4, 0.5) is 0 Å². The number of imidazole rings is 1. The van der Waals surface area contributed by atoms with Gasteiger partial charge in [0.15, 0.2) is 5.54 Å². The summed E-state index contributed by atoms with van der Waals surface area (Å²) in [4.78, 5) is 24.9. The van der Waals surface area contributed by atoms with Crippen molar-refractivity contribution in [2.45, 2.75) is 23.1 Å². The number of carbonyl (C=O) groups is 1. The maximum absolute atomic E-state index is 13.2. The monoisotopic (exact) mass is 415 g/mol. The highest BCUT2D eigenvalue weighted by Crippen LogP contribution is 2.45. The molecular formula is C24H21N3O2S. The van der Waals surface area contributed by atoms with Gasteiger partial charge in [0, 0.05) is 30.9 Å². The lowest BCUT2D eigenvalue weighted by Crippen LogP contribution is -2.37. The van der Waals surface area contributed by atoms with Crippen molar-refractivity contribution in [3.63, 3.8) is 0 Å². The molecule has 2 unspecified atom stereocenters. The molecule has 1 aliphatic heterocycles. The number of H-pyrrole nitrogens is 1. The summed E-state index contributed by atoms with van der Waals surface area (Å²) >= 11 is 4.63. The fourth-order valence-electron chi connectivity index (χ4n) is 4.32. The van der Waals surface area contributed by atoms with E-state index in [0.717, 1.165) is 0 Å². The SMILES string of the molecule is O=C(OCC1c2ccccc2-c2ccccc21)C1(CC(S)c2ncc[nH]2)C=CC=N1. The van der Waals surface area contributed by atoms with E-state index in [2.05, 4.69) is 51.9 Å². The molecule has 2 aliphatic rings. The molecule has 5 nitrogen and oxygen atoms in total. The van der Waals surface area contributed by atoms with Crippen molar-refractivity contribution in [1.29, 1.82) is 0 Å². The van der Waals surface area contributed by atoms with Crippen molar-refractivity contribution in [2.75, 3.05) is 6.61 Å². The second-order valence-corrected chi connectivity index (χ2v) is 8.20. The maximum Gasteiger partial charge on any atom is 0.338 e. The normalized spacial score (nSPS) is 20.2. The number of thiol groups is 1. The van der Waals surface area contributed by atoms with Crippen molar-refractivity contribution in [1.82, 2.24) is 9.97 Å². The van der Waals surface area contributed by atoms with Gasteiger partial charge in [0.25, 0.3) is 0 Å². The Hall–Kier alpha value is -3.12. The van der Waals surface area contributed by atoms with Crippen LogP contribution in [0.1, 0.15) is 34.5 Å². The van der Waals surface area contributed by atoms with Crippen molar-refractivity contribution in [3.05, 3.63) is 90.0 Å². The van der Waals surface area contributed by atoms with Gasteiger partial charge in [-0.05, 0) is 34.4 Å². The van der Waals surface area contributed by atoms with Crippen LogP contribution < -0.4 is 0 Å². The van der Waals surface area contributed by atoms with Crippen LogP contribution in [0.3, 0.4) is 0 Å². The van der Waals surface area contributed by atoms with E-state index in [-0.39, 0.29) is 23.7 Å². The van der Waals surface area contributed by atoms with Crippen LogP contribution in [-0.2, 0) is 9.53 Å². The summed E-state index contributed by atoms with van der Waals surface area (Å²) in [5.74, 6) is 0.365. The Kier molecular flexibility index (Phi) is 4.79. The van der Waals surface area contributed by atoms with E-state index in [0.29, 0.717) is 12.2 Å². The summed E-state index contributed by atoms with van der Waals surface area (Å²) < 4.78 is 5.88. The first-order valence-corrected chi connectivity index (χ1v) is 10.5. The molecule has 5 rings (SSSR count). The molecule has 150 valence electrons. The van der Waals surface area contributed by atoms with Gasteiger partial charge in [0.1, 0.15) is 12.4 Å². The lowest BCUT2D eigenvalue weighted by molar-refractivity contribution is -0.148. The smallest absolute Gasteiger partial charge is 0.338 e. The van der Waals surface area contributed by atoms with Crippen LogP contribution >= 0.6 is 12.6 Å². The van der Waals surface area contributed by atoms with Crippen molar-refractivity contribution in [2.24, 2.45) is 4.99 Å². The Morgan fingerprint density at radius 2 is 1.83 bits per heavy atom. The molecule has 6 heteroatoms. The van der Waals surface area contributed by atoms with Crippen molar-refractivity contribution in [3.8, 4) is 11.1 Å². The zero-order valence-corrected chi connectivity index (χ0v) is 17.1. The molecule has 1 aliphatic carbocycles. The molecule has 0 saturated carbocycles. The first kappa shape index (κ1) is 18.9. The highest BCUT2D eigenvalue weighted by atomic mass is 32.1. The number of nitrogens with zero attached hydrogens (tertiary/aromatic N) is 2. The van der Waals surface area contributed by atoms with E-state index < -0.39 is 5.54 Å². The van der Waals surface area contributed by atoms with Crippen LogP contribution in [0, 0.1) is 0 Å². The highest BCUT2D eigenvalue weighted by molar-refractivity contribution is 7.80. The molecule has 0 spiro atoms. The Balaban J connectivity index is 1.36. The quantitative estimate of drug-likeness (QED) is 0.460. The van der Waals surface area contributed by atoms with Gasteiger partial charge in [-0.2, -0.15) is 12.6 Å². The third-order valence-corrected chi connectivity index (χ3v) is 6.23. The van der Waals surface area contributed by atoms with Gasteiger partial charge in [-0.1, -0.05) is 48.5 Å². The zero-order valence-electron chi connectivity index (χ0n) is 16.2. The fourth-order valence-corrected chi connectivity index (χ4v) is 4.74. The average Bonchev–Trinajstić information content (AvgIpc) is 3.52. The molecular weight excluding hydrogens is 394 g/mol. The first-order chi connectivity index (χ1) is 14.7. The van der Waals surface area contributed by atoms with Gasteiger partial charge in [-0.25, -0.2) is 9.78 Å². The predicted octanol–water partition coefficient (Wildman–Crippen LogP) is 4.51. The van der Waals surface area contributed by atoms with Crippen LogP contribution in [0.2, 0.25) is 0 Å². The molecule has 2 atom stereocenters. The van der Waals surface area contributed by atoms with Gasteiger partial charge in [0.05, 0.1) is 5.25 Å². The van der Waals surface area contributed by atoms with Crippen LogP contribution in [0.25, 0.3) is 11.1 Å². The summed E-state index contributed by atoms with van der Waals surface area (Å²) in [6, 6.07) is 16.6. The maximum atomic E-state index is 13.2. The number of hydrogen-bond acceptors (Lipinski definition) is 5. The van der Waals surface area contributed by atoms with E-state index in [9.17, 15) is 4.79 Å². The second-order valence-electron chi connectivity index (χ2n) is 7.58. The summed E-state index contributed by atoms with van der Waals surface area (Å²) in [5.41, 5.74) is 3.71. The summed E-state index contributed by atoms with van der Waals surface area (Å²) in [6.07, 6.45) is 9.00. The molecule has 2 heterocycles. The number of rotatable bonds is 6. The van der Waals surface area contributed by atoms with Crippen LogP contribution in [0.5, 0.6) is 0 Å². The highest BCUT2D eigenvalue weighted by Gasteiger charge is 2.41. The minimum Gasteiger partial charge on any atom is -0.463 e.